The van der Waals surface area contributed by atoms with Crippen molar-refractivity contribution in [3.63, 3.8) is 0 Å². The minimum absolute atomic E-state index is 0. The SMILES string of the molecule is CCCc1cc(Nc2ncc(C)s2)nc(C2CCNCC2)n1.Cl.Cl. The summed E-state index contributed by atoms with van der Waals surface area (Å²) in [5, 5.41) is 7.64. The van der Waals surface area contributed by atoms with Gasteiger partial charge in [-0.1, -0.05) is 13.3 Å². The van der Waals surface area contributed by atoms with Gasteiger partial charge in [0, 0.05) is 28.8 Å². The molecule has 0 aliphatic carbocycles. The highest BCUT2D eigenvalue weighted by Gasteiger charge is 2.19. The van der Waals surface area contributed by atoms with Crippen molar-refractivity contribution in [2.75, 3.05) is 18.4 Å². The minimum atomic E-state index is 0. The van der Waals surface area contributed by atoms with Gasteiger partial charge in [0.1, 0.15) is 11.6 Å². The standard InChI is InChI=1S/C16H23N5S.2ClH/c1-3-4-13-9-14(21-16-18-10-11(2)22-16)20-15(19-13)12-5-7-17-8-6-12;;/h9-10,12,17H,3-8H2,1-2H3,(H,18,19,20,21);2*1H. The molecule has 0 atom stereocenters. The third-order valence-corrected chi connectivity index (χ3v) is 4.69. The van der Waals surface area contributed by atoms with E-state index in [9.17, 15) is 0 Å². The summed E-state index contributed by atoms with van der Waals surface area (Å²) in [6, 6.07) is 2.06. The Morgan fingerprint density at radius 2 is 2.00 bits per heavy atom. The van der Waals surface area contributed by atoms with E-state index in [2.05, 4.69) is 35.5 Å². The zero-order valence-electron chi connectivity index (χ0n) is 14.0. The van der Waals surface area contributed by atoms with Gasteiger partial charge < -0.3 is 10.6 Å². The Hall–Kier alpha value is -0.950. The number of aromatic nitrogens is 3. The molecule has 1 fully saturated rings. The van der Waals surface area contributed by atoms with E-state index in [4.69, 9.17) is 9.97 Å². The van der Waals surface area contributed by atoms with Crippen LogP contribution < -0.4 is 10.6 Å². The topological polar surface area (TPSA) is 62.7 Å². The number of nitrogens with zero attached hydrogens (tertiary/aromatic N) is 3. The monoisotopic (exact) mass is 389 g/mol. The van der Waals surface area contributed by atoms with Crippen LogP contribution >= 0.6 is 36.2 Å². The number of hydrogen-bond acceptors (Lipinski definition) is 6. The molecule has 3 heterocycles. The molecule has 0 amide bonds. The van der Waals surface area contributed by atoms with Gasteiger partial charge in [0.25, 0.3) is 0 Å². The Kier molecular flexibility index (Phi) is 8.91. The molecule has 134 valence electrons. The van der Waals surface area contributed by atoms with Crippen LogP contribution in [-0.4, -0.2) is 28.0 Å². The molecule has 1 saturated heterocycles. The first kappa shape index (κ1) is 21.1. The summed E-state index contributed by atoms with van der Waals surface area (Å²) in [6.07, 6.45) is 6.20. The van der Waals surface area contributed by atoms with Crippen LogP contribution in [0.4, 0.5) is 10.9 Å². The lowest BCUT2D eigenvalue weighted by molar-refractivity contribution is 0.444. The molecular weight excluding hydrogens is 365 g/mol. The van der Waals surface area contributed by atoms with Crippen molar-refractivity contribution >= 4 is 47.1 Å². The van der Waals surface area contributed by atoms with Crippen molar-refractivity contribution in [2.24, 2.45) is 0 Å². The average molecular weight is 390 g/mol. The predicted octanol–water partition coefficient (Wildman–Crippen LogP) is 4.25. The molecule has 0 radical (unpaired) electrons. The third kappa shape index (κ3) is 5.55. The van der Waals surface area contributed by atoms with Crippen molar-refractivity contribution in [1.29, 1.82) is 0 Å². The van der Waals surface area contributed by atoms with Gasteiger partial charge in [-0.3, -0.25) is 0 Å². The number of piperidine rings is 1. The van der Waals surface area contributed by atoms with Crippen LogP contribution in [0.1, 0.15) is 48.5 Å². The summed E-state index contributed by atoms with van der Waals surface area (Å²) in [4.78, 5) is 15.1. The second-order valence-corrected chi connectivity index (χ2v) is 7.01. The van der Waals surface area contributed by atoms with Gasteiger partial charge in [0.05, 0.1) is 0 Å². The second-order valence-electron chi connectivity index (χ2n) is 5.78. The van der Waals surface area contributed by atoms with Crippen LogP contribution in [0, 0.1) is 6.92 Å². The predicted molar refractivity (Wildman–Crippen MR) is 106 cm³/mol. The van der Waals surface area contributed by atoms with Crippen LogP contribution in [0.5, 0.6) is 0 Å². The molecule has 0 saturated carbocycles. The number of hydrogen-bond donors (Lipinski definition) is 2. The first-order valence-corrected chi connectivity index (χ1v) is 8.84. The molecule has 0 aromatic carbocycles. The van der Waals surface area contributed by atoms with Gasteiger partial charge in [-0.15, -0.1) is 36.2 Å². The summed E-state index contributed by atoms with van der Waals surface area (Å²) in [5.41, 5.74) is 1.13. The fraction of sp³-hybridized carbons (Fsp3) is 0.562. The quantitative estimate of drug-likeness (QED) is 0.799. The third-order valence-electron chi connectivity index (χ3n) is 3.86. The Balaban J connectivity index is 0.00000144. The summed E-state index contributed by atoms with van der Waals surface area (Å²) in [7, 11) is 0. The van der Waals surface area contributed by atoms with Gasteiger partial charge in [-0.05, 0) is 39.3 Å². The molecule has 0 unspecified atom stereocenters. The minimum Gasteiger partial charge on any atom is -0.317 e. The van der Waals surface area contributed by atoms with Crippen molar-refractivity contribution < 1.29 is 0 Å². The number of aryl methyl sites for hydroxylation is 2. The fourth-order valence-corrected chi connectivity index (χ4v) is 3.42. The molecular formula is C16H25Cl2N5S. The Bertz CT molecular complexity index is 629. The number of halogens is 2. The Labute approximate surface area is 159 Å². The summed E-state index contributed by atoms with van der Waals surface area (Å²) in [6.45, 7) is 6.36. The average Bonchev–Trinajstić information content (AvgIpc) is 2.93. The van der Waals surface area contributed by atoms with E-state index >= 15 is 0 Å². The molecule has 1 aliphatic rings. The zero-order valence-corrected chi connectivity index (χ0v) is 16.5. The molecule has 2 N–H and O–H groups in total. The summed E-state index contributed by atoms with van der Waals surface area (Å²) >= 11 is 1.65. The van der Waals surface area contributed by atoms with E-state index in [0.717, 1.165) is 61.2 Å². The van der Waals surface area contributed by atoms with E-state index in [1.54, 1.807) is 11.3 Å². The van der Waals surface area contributed by atoms with Crippen LogP contribution in [0.3, 0.4) is 0 Å². The van der Waals surface area contributed by atoms with E-state index in [-0.39, 0.29) is 24.8 Å². The lowest BCUT2D eigenvalue weighted by Crippen LogP contribution is -2.27. The first-order valence-electron chi connectivity index (χ1n) is 8.02. The van der Waals surface area contributed by atoms with E-state index in [0.29, 0.717) is 5.92 Å². The van der Waals surface area contributed by atoms with Crippen molar-refractivity contribution in [3.05, 3.63) is 28.7 Å². The highest BCUT2D eigenvalue weighted by Crippen LogP contribution is 2.26. The Morgan fingerprint density at radius 3 is 2.62 bits per heavy atom. The van der Waals surface area contributed by atoms with Gasteiger partial charge in [-0.25, -0.2) is 15.0 Å². The van der Waals surface area contributed by atoms with Crippen molar-refractivity contribution in [3.8, 4) is 0 Å². The molecule has 2 aromatic rings. The second kappa shape index (κ2) is 10.1. The molecule has 1 aliphatic heterocycles. The summed E-state index contributed by atoms with van der Waals surface area (Å²) in [5.74, 6) is 2.33. The fourth-order valence-electron chi connectivity index (χ4n) is 2.75. The molecule has 3 rings (SSSR count). The van der Waals surface area contributed by atoms with Crippen LogP contribution in [0.25, 0.3) is 0 Å². The maximum atomic E-state index is 4.80. The lowest BCUT2D eigenvalue weighted by Gasteiger charge is -2.22. The molecule has 24 heavy (non-hydrogen) atoms. The maximum absolute atomic E-state index is 4.80. The number of rotatable bonds is 5. The zero-order chi connectivity index (χ0) is 15.4. The smallest absolute Gasteiger partial charge is 0.188 e. The van der Waals surface area contributed by atoms with Crippen LogP contribution in [0.15, 0.2) is 12.3 Å². The molecule has 2 aromatic heterocycles. The van der Waals surface area contributed by atoms with Gasteiger partial charge in [0.15, 0.2) is 5.13 Å². The highest BCUT2D eigenvalue weighted by molar-refractivity contribution is 7.15. The number of thiazole rings is 1. The van der Waals surface area contributed by atoms with E-state index in [1.165, 1.54) is 4.88 Å². The van der Waals surface area contributed by atoms with E-state index < -0.39 is 0 Å². The normalized spacial score (nSPS) is 14.6. The molecule has 0 bridgehead atoms. The van der Waals surface area contributed by atoms with E-state index in [1.807, 2.05) is 6.20 Å². The van der Waals surface area contributed by atoms with Gasteiger partial charge in [-0.2, -0.15) is 0 Å². The van der Waals surface area contributed by atoms with Gasteiger partial charge in [0.2, 0.25) is 0 Å². The van der Waals surface area contributed by atoms with Gasteiger partial charge >= 0.3 is 0 Å². The van der Waals surface area contributed by atoms with Crippen molar-refractivity contribution in [1.82, 2.24) is 20.3 Å². The molecule has 5 nitrogen and oxygen atoms in total. The van der Waals surface area contributed by atoms with Crippen LogP contribution in [-0.2, 0) is 6.42 Å². The highest BCUT2D eigenvalue weighted by atomic mass is 35.5. The number of anilines is 2. The number of nitrogens with one attached hydrogen (secondary N) is 2. The van der Waals surface area contributed by atoms with Crippen LogP contribution in [0.2, 0.25) is 0 Å². The molecule has 8 heteroatoms. The summed E-state index contributed by atoms with van der Waals surface area (Å²) < 4.78 is 0. The maximum Gasteiger partial charge on any atom is 0.188 e. The van der Waals surface area contributed by atoms with Crippen molar-refractivity contribution in [2.45, 2.75) is 45.4 Å². The largest absolute Gasteiger partial charge is 0.317 e. The Morgan fingerprint density at radius 1 is 1.25 bits per heavy atom. The first-order chi connectivity index (χ1) is 10.7. The molecule has 0 spiro atoms. The lowest BCUT2D eigenvalue weighted by atomic mass is 9.97.